The number of nitrogens with one attached hydrogen (secondary N) is 1. The van der Waals surface area contributed by atoms with Crippen molar-refractivity contribution in [2.24, 2.45) is 0 Å². The minimum Gasteiger partial charge on any atom is -0.490 e. The Morgan fingerprint density at radius 2 is 2.36 bits per heavy atom. The summed E-state index contributed by atoms with van der Waals surface area (Å²) in [7, 11) is 1.50. The van der Waals surface area contributed by atoms with Crippen LogP contribution in [-0.4, -0.2) is 23.3 Å². The van der Waals surface area contributed by atoms with Gasteiger partial charge < -0.3 is 15.7 Å². The van der Waals surface area contributed by atoms with Crippen molar-refractivity contribution in [1.82, 2.24) is 0 Å². The molecule has 1 rings (SSSR count). The van der Waals surface area contributed by atoms with Gasteiger partial charge in [-0.25, -0.2) is 0 Å². The van der Waals surface area contributed by atoms with Crippen molar-refractivity contribution in [2.75, 3.05) is 7.11 Å². The van der Waals surface area contributed by atoms with E-state index in [4.69, 9.17) is 15.7 Å². The summed E-state index contributed by atoms with van der Waals surface area (Å²) in [5.74, 6) is 0.490. The van der Waals surface area contributed by atoms with E-state index in [9.17, 15) is 0 Å². The number of methoxy groups -OCH3 is 1. The van der Waals surface area contributed by atoms with Gasteiger partial charge in [-0.2, -0.15) is 4.79 Å². The van der Waals surface area contributed by atoms with Gasteiger partial charge in [0.1, 0.15) is 0 Å². The van der Waals surface area contributed by atoms with Crippen LogP contribution in [0.1, 0.15) is 12.8 Å². The van der Waals surface area contributed by atoms with Crippen LogP contribution in [0, 0.1) is 5.41 Å². The average molecular weight is 151 g/mol. The largest absolute Gasteiger partial charge is 0.490 e. The standard InChI is InChI=1S/C7H9N3O/c1-11-7-4-5(8)2-3-6(7)10-9/h4,8H,2-3H2,1H3. The van der Waals surface area contributed by atoms with Gasteiger partial charge in [0, 0.05) is 18.2 Å². The quantitative estimate of drug-likeness (QED) is 0.440. The molecule has 0 unspecified atom stereocenters. The van der Waals surface area contributed by atoms with Crippen molar-refractivity contribution >= 4 is 11.4 Å². The van der Waals surface area contributed by atoms with Gasteiger partial charge in [0.2, 0.25) is 5.76 Å². The van der Waals surface area contributed by atoms with Gasteiger partial charge >= 0.3 is 5.71 Å². The molecule has 4 nitrogen and oxygen atoms in total. The Morgan fingerprint density at radius 1 is 1.64 bits per heavy atom. The van der Waals surface area contributed by atoms with Crippen LogP contribution in [0.2, 0.25) is 0 Å². The molecule has 58 valence electrons. The minimum atomic E-state index is 0.490. The molecule has 0 aliphatic heterocycles. The van der Waals surface area contributed by atoms with E-state index in [-0.39, 0.29) is 0 Å². The van der Waals surface area contributed by atoms with Gasteiger partial charge in [-0.05, 0) is 0 Å². The topological polar surface area (TPSA) is 69.5 Å². The molecule has 1 aliphatic carbocycles. The number of ether oxygens (including phenoxy) is 1. The molecule has 0 fully saturated rings. The van der Waals surface area contributed by atoms with Gasteiger partial charge in [-0.1, -0.05) is 0 Å². The smallest absolute Gasteiger partial charge is 0.333 e. The molecule has 0 aromatic rings. The summed E-state index contributed by atoms with van der Waals surface area (Å²) in [5.41, 5.74) is 9.50. The first kappa shape index (κ1) is 7.69. The molecule has 11 heavy (non-hydrogen) atoms. The maximum atomic E-state index is 8.48. The highest BCUT2D eigenvalue weighted by Gasteiger charge is 2.21. The van der Waals surface area contributed by atoms with Gasteiger partial charge in [0.05, 0.1) is 13.5 Å². The highest BCUT2D eigenvalue weighted by molar-refractivity contribution is 6.08. The molecule has 0 saturated heterocycles. The summed E-state index contributed by atoms with van der Waals surface area (Å²) in [6.07, 6.45) is 2.76. The third-order valence-corrected chi connectivity index (χ3v) is 1.56. The van der Waals surface area contributed by atoms with Crippen molar-refractivity contribution in [2.45, 2.75) is 12.8 Å². The van der Waals surface area contributed by atoms with Crippen LogP contribution in [0.3, 0.4) is 0 Å². The second-order valence-corrected chi connectivity index (χ2v) is 2.28. The lowest BCUT2D eigenvalue weighted by atomic mass is 10.0. The third-order valence-electron chi connectivity index (χ3n) is 1.56. The van der Waals surface area contributed by atoms with Crippen molar-refractivity contribution in [3.63, 3.8) is 0 Å². The SMILES string of the molecule is COC1=CC(=N)CCC1=[N+]=[N-]. The molecule has 0 atom stereocenters. The van der Waals surface area contributed by atoms with E-state index >= 15 is 0 Å². The van der Waals surface area contributed by atoms with E-state index in [0.29, 0.717) is 30.0 Å². The first-order valence-electron chi connectivity index (χ1n) is 3.32. The molecule has 0 aromatic heterocycles. The van der Waals surface area contributed by atoms with E-state index in [1.54, 1.807) is 6.08 Å². The summed E-state index contributed by atoms with van der Waals surface area (Å²) in [6.45, 7) is 0. The zero-order valence-corrected chi connectivity index (χ0v) is 6.29. The lowest BCUT2D eigenvalue weighted by molar-refractivity contribution is -0.0118. The number of hydrogen-bond donors (Lipinski definition) is 1. The summed E-state index contributed by atoms with van der Waals surface area (Å²) in [5, 5.41) is 7.29. The molecule has 1 aliphatic rings. The first-order valence-corrected chi connectivity index (χ1v) is 3.32. The Labute approximate surface area is 64.6 Å². The summed E-state index contributed by atoms with van der Waals surface area (Å²) in [4.78, 5) is 3.06. The van der Waals surface area contributed by atoms with Crippen LogP contribution >= 0.6 is 0 Å². The van der Waals surface area contributed by atoms with E-state index in [2.05, 4.69) is 4.79 Å². The second-order valence-electron chi connectivity index (χ2n) is 2.28. The Morgan fingerprint density at radius 3 is 2.91 bits per heavy atom. The third kappa shape index (κ3) is 1.53. The monoisotopic (exact) mass is 151 g/mol. The maximum absolute atomic E-state index is 8.48. The Hall–Kier alpha value is -1.41. The number of rotatable bonds is 1. The van der Waals surface area contributed by atoms with E-state index < -0.39 is 0 Å². The molecular weight excluding hydrogens is 142 g/mol. The summed E-state index contributed by atoms with van der Waals surface area (Å²) < 4.78 is 4.89. The predicted octanol–water partition coefficient (Wildman–Crippen LogP) is 1.00. The molecule has 0 saturated carbocycles. The minimum absolute atomic E-state index is 0.490. The Balaban J connectivity index is 2.97. The van der Waals surface area contributed by atoms with Gasteiger partial charge in [0.15, 0.2) is 0 Å². The van der Waals surface area contributed by atoms with Gasteiger partial charge in [-0.15, -0.1) is 0 Å². The molecule has 0 amide bonds. The molecular formula is C7H9N3O. The van der Waals surface area contributed by atoms with E-state index in [1.807, 2.05) is 0 Å². The normalized spacial score (nSPS) is 17.4. The first-order chi connectivity index (χ1) is 5.27. The van der Waals surface area contributed by atoms with Crippen LogP contribution < -0.4 is 0 Å². The lowest BCUT2D eigenvalue weighted by Gasteiger charge is -2.06. The number of allylic oxidation sites excluding steroid dienone is 2. The van der Waals surface area contributed by atoms with E-state index in [0.717, 1.165) is 0 Å². The molecule has 0 radical (unpaired) electrons. The van der Waals surface area contributed by atoms with Crippen LogP contribution in [-0.2, 0) is 4.74 Å². The van der Waals surface area contributed by atoms with Crippen LogP contribution in [0.15, 0.2) is 11.8 Å². The lowest BCUT2D eigenvalue weighted by Crippen LogP contribution is -2.15. The molecule has 4 heteroatoms. The van der Waals surface area contributed by atoms with Crippen molar-refractivity contribution in [3.05, 3.63) is 17.4 Å². The highest BCUT2D eigenvalue weighted by atomic mass is 16.5. The zero-order chi connectivity index (χ0) is 8.27. The van der Waals surface area contributed by atoms with Crippen molar-refractivity contribution in [3.8, 4) is 0 Å². The van der Waals surface area contributed by atoms with Gasteiger partial charge in [0.25, 0.3) is 0 Å². The average Bonchev–Trinajstić information content (AvgIpc) is 2.04. The second kappa shape index (κ2) is 3.12. The fraction of sp³-hybridized carbons (Fsp3) is 0.429. The molecule has 0 aromatic carbocycles. The predicted molar refractivity (Wildman–Crippen MR) is 40.7 cm³/mol. The molecule has 1 N–H and O–H groups in total. The molecule has 0 bridgehead atoms. The summed E-state index contributed by atoms with van der Waals surface area (Å²) >= 11 is 0. The number of hydrogen-bond acceptors (Lipinski definition) is 2. The maximum Gasteiger partial charge on any atom is 0.333 e. The number of nitrogens with zero attached hydrogens (tertiary/aromatic N) is 2. The highest BCUT2D eigenvalue weighted by Crippen LogP contribution is 2.11. The Bertz CT molecular complexity index is 261. The van der Waals surface area contributed by atoms with E-state index in [1.165, 1.54) is 7.11 Å². The van der Waals surface area contributed by atoms with Crippen LogP contribution in [0.4, 0.5) is 0 Å². The fourth-order valence-corrected chi connectivity index (χ4v) is 0.966. The fourth-order valence-electron chi connectivity index (χ4n) is 0.966. The zero-order valence-electron chi connectivity index (χ0n) is 6.29. The van der Waals surface area contributed by atoms with Crippen LogP contribution in [0.5, 0.6) is 0 Å². The Kier molecular flexibility index (Phi) is 2.18. The molecule has 0 heterocycles. The van der Waals surface area contributed by atoms with Gasteiger partial charge in [-0.3, -0.25) is 0 Å². The van der Waals surface area contributed by atoms with Crippen LogP contribution in [0.25, 0.3) is 5.53 Å². The van der Waals surface area contributed by atoms with Crippen molar-refractivity contribution < 1.29 is 9.53 Å². The van der Waals surface area contributed by atoms with Crippen molar-refractivity contribution in [1.29, 1.82) is 5.41 Å². The summed E-state index contributed by atoms with van der Waals surface area (Å²) in [6, 6.07) is 0. The molecule has 0 spiro atoms.